The van der Waals surface area contributed by atoms with Gasteiger partial charge in [0.25, 0.3) is 0 Å². The first kappa shape index (κ1) is 28.4. The minimum absolute atomic E-state index is 0.0396. The molecule has 0 unspecified atom stereocenters. The smallest absolute Gasteiger partial charge is 0.334 e. The number of likely N-dealkylation sites (N-methyl/N-ethyl adjacent to an activating group) is 1. The summed E-state index contributed by atoms with van der Waals surface area (Å²) in [4.78, 5) is 43.2. The monoisotopic (exact) mass is 543 g/mol. The Hall–Kier alpha value is -3.57. The van der Waals surface area contributed by atoms with Crippen molar-refractivity contribution in [1.82, 2.24) is 25.1 Å². The minimum Gasteiger partial charge on any atom is -0.375 e. The molecule has 2 aliphatic heterocycles. The summed E-state index contributed by atoms with van der Waals surface area (Å²) < 4.78 is 32.9. The molecule has 2 fully saturated rings. The number of urea groups is 1. The van der Waals surface area contributed by atoms with E-state index in [2.05, 4.69) is 5.32 Å². The number of hydrazine groups is 1. The molecule has 9 nitrogen and oxygen atoms in total. The lowest BCUT2D eigenvalue weighted by molar-refractivity contribution is -0.188. The lowest BCUT2D eigenvalue weighted by Crippen LogP contribution is -2.76. The average molecular weight is 544 g/mol. The topological polar surface area (TPSA) is 85.4 Å². The summed E-state index contributed by atoms with van der Waals surface area (Å²) in [7, 11) is 1.66. The summed E-state index contributed by atoms with van der Waals surface area (Å²) in [5.74, 6) is -1.11. The van der Waals surface area contributed by atoms with E-state index in [0.29, 0.717) is 12.0 Å². The van der Waals surface area contributed by atoms with Crippen molar-refractivity contribution in [1.29, 1.82) is 0 Å². The molecular weight excluding hydrogens is 508 g/mol. The van der Waals surface area contributed by atoms with E-state index in [9.17, 15) is 23.2 Å². The molecule has 1 N–H and O–H groups in total. The maximum atomic E-state index is 13.9. The first-order chi connectivity index (χ1) is 18.8. The van der Waals surface area contributed by atoms with Gasteiger partial charge < -0.3 is 19.9 Å². The predicted octanol–water partition coefficient (Wildman–Crippen LogP) is 3.11. The number of hydrogen-bond acceptors (Lipinski definition) is 5. The number of amides is 4. The molecule has 2 atom stereocenters. The Bertz CT molecular complexity index is 1160. The molecule has 0 aromatic heterocycles. The van der Waals surface area contributed by atoms with Gasteiger partial charge in [-0.25, -0.2) is 23.6 Å². The van der Waals surface area contributed by atoms with E-state index in [1.165, 1.54) is 23.2 Å². The van der Waals surface area contributed by atoms with E-state index >= 15 is 0 Å². The predicted molar refractivity (Wildman–Crippen MR) is 140 cm³/mol. The third kappa shape index (κ3) is 6.72. The quantitative estimate of drug-likeness (QED) is 0.466. The van der Waals surface area contributed by atoms with Gasteiger partial charge in [0.1, 0.15) is 23.8 Å². The van der Waals surface area contributed by atoms with Crippen LogP contribution in [0, 0.1) is 11.6 Å². The molecular formula is C28H35F2N5O4. The van der Waals surface area contributed by atoms with Crippen LogP contribution in [0.1, 0.15) is 37.3 Å². The van der Waals surface area contributed by atoms with Gasteiger partial charge in [-0.15, -0.1) is 0 Å². The number of carbonyl (C=O) groups is 3. The second-order valence-corrected chi connectivity index (χ2v) is 9.81. The number of nitrogens with one attached hydrogen (secondary N) is 1. The molecule has 210 valence electrons. The van der Waals surface area contributed by atoms with Crippen molar-refractivity contribution in [3.8, 4) is 0 Å². The fourth-order valence-electron chi connectivity index (χ4n) is 5.01. The molecule has 2 saturated heterocycles. The van der Waals surface area contributed by atoms with Gasteiger partial charge in [0.2, 0.25) is 11.8 Å². The number of piperazine rings is 1. The summed E-state index contributed by atoms with van der Waals surface area (Å²) in [6, 6.07) is 11.1. The fraction of sp³-hybridized carbons (Fsp3) is 0.464. The third-order valence-corrected chi connectivity index (χ3v) is 7.06. The lowest BCUT2D eigenvalue weighted by Gasteiger charge is -2.54. The zero-order valence-electron chi connectivity index (χ0n) is 22.3. The maximum absolute atomic E-state index is 13.9. The number of ether oxygens (including phenoxy) is 1. The number of carbonyl (C=O) groups excluding carboxylic acids is 3. The number of rotatable bonds is 10. The highest BCUT2D eigenvalue weighted by Crippen LogP contribution is 2.28. The molecule has 2 heterocycles. The molecule has 2 aromatic carbocycles. The Balaban J connectivity index is 1.47. The SMILES string of the molecule is CCCC[C@H]1C(=O)N(CCOCc2ccccc2F)C[C@H]2N1C(=O)CN(C)N2C(=O)NCc1ccc(F)cc1. The van der Waals surface area contributed by atoms with E-state index in [-0.39, 0.29) is 62.8 Å². The molecule has 0 spiro atoms. The zero-order valence-corrected chi connectivity index (χ0v) is 22.3. The van der Waals surface area contributed by atoms with Crippen LogP contribution >= 0.6 is 0 Å². The van der Waals surface area contributed by atoms with Crippen molar-refractivity contribution in [2.45, 2.75) is 51.5 Å². The molecule has 0 saturated carbocycles. The first-order valence-corrected chi connectivity index (χ1v) is 13.2. The van der Waals surface area contributed by atoms with Crippen molar-refractivity contribution >= 4 is 17.8 Å². The van der Waals surface area contributed by atoms with E-state index in [1.807, 2.05) is 6.92 Å². The van der Waals surface area contributed by atoms with Crippen LogP contribution in [0.2, 0.25) is 0 Å². The Morgan fingerprint density at radius 2 is 1.85 bits per heavy atom. The van der Waals surface area contributed by atoms with Crippen molar-refractivity contribution in [3.05, 3.63) is 71.3 Å². The van der Waals surface area contributed by atoms with Crippen LogP contribution in [0.25, 0.3) is 0 Å². The largest absolute Gasteiger partial charge is 0.375 e. The number of benzene rings is 2. The van der Waals surface area contributed by atoms with Crippen LogP contribution in [0.3, 0.4) is 0 Å². The number of halogens is 2. The standard InChI is InChI=1S/C28H35F2N5O4/c1-3-4-9-24-27(37)33(14-15-39-19-21-7-5-6-8-23(21)30)17-25-34(24)26(36)18-32(2)35(25)28(38)31-16-20-10-12-22(29)13-11-20/h5-8,10-13,24-25H,3-4,9,14-19H2,1-2H3,(H,31,38)/t24-,25-/m0/s1. The second kappa shape index (κ2) is 13.0. The molecule has 39 heavy (non-hydrogen) atoms. The summed E-state index contributed by atoms with van der Waals surface area (Å²) in [6.45, 7) is 2.75. The van der Waals surface area contributed by atoms with Gasteiger partial charge in [0, 0.05) is 25.7 Å². The summed E-state index contributed by atoms with van der Waals surface area (Å²) >= 11 is 0. The molecule has 0 aliphatic carbocycles. The fourth-order valence-corrected chi connectivity index (χ4v) is 5.01. The minimum atomic E-state index is -0.699. The van der Waals surface area contributed by atoms with Crippen molar-refractivity contribution in [3.63, 3.8) is 0 Å². The summed E-state index contributed by atoms with van der Waals surface area (Å²) in [5.41, 5.74) is 1.16. The summed E-state index contributed by atoms with van der Waals surface area (Å²) in [5, 5.41) is 5.88. The average Bonchev–Trinajstić information content (AvgIpc) is 2.91. The van der Waals surface area contributed by atoms with E-state index < -0.39 is 18.2 Å². The van der Waals surface area contributed by atoms with Crippen LogP contribution < -0.4 is 5.32 Å². The van der Waals surface area contributed by atoms with Crippen molar-refractivity contribution in [2.75, 3.05) is 33.3 Å². The van der Waals surface area contributed by atoms with Crippen LogP contribution in [0.5, 0.6) is 0 Å². The van der Waals surface area contributed by atoms with Gasteiger partial charge in [-0.05, 0) is 30.2 Å². The maximum Gasteiger partial charge on any atom is 0.334 e. The number of unbranched alkanes of at least 4 members (excludes halogenated alkanes) is 1. The van der Waals surface area contributed by atoms with Gasteiger partial charge in [-0.2, -0.15) is 0 Å². The van der Waals surface area contributed by atoms with Crippen molar-refractivity contribution < 1.29 is 27.9 Å². The molecule has 2 aliphatic rings. The normalized spacial score (nSPS) is 19.8. The molecule has 0 radical (unpaired) electrons. The lowest BCUT2D eigenvalue weighted by atomic mass is 10.0. The Morgan fingerprint density at radius 3 is 2.56 bits per heavy atom. The number of hydrogen-bond donors (Lipinski definition) is 1. The second-order valence-electron chi connectivity index (χ2n) is 9.81. The van der Waals surface area contributed by atoms with Gasteiger partial charge in [-0.1, -0.05) is 50.1 Å². The highest BCUT2D eigenvalue weighted by atomic mass is 19.1. The van der Waals surface area contributed by atoms with Crippen LogP contribution in [0.15, 0.2) is 48.5 Å². The zero-order chi connectivity index (χ0) is 27.9. The van der Waals surface area contributed by atoms with Gasteiger partial charge in [-0.3, -0.25) is 9.59 Å². The highest BCUT2D eigenvalue weighted by molar-refractivity contribution is 5.91. The van der Waals surface area contributed by atoms with Crippen LogP contribution in [0.4, 0.5) is 13.6 Å². The molecule has 4 rings (SSSR count). The third-order valence-electron chi connectivity index (χ3n) is 7.06. The molecule has 11 heteroatoms. The van der Waals surface area contributed by atoms with Crippen LogP contribution in [-0.4, -0.2) is 83.2 Å². The van der Waals surface area contributed by atoms with Crippen LogP contribution in [-0.2, 0) is 27.5 Å². The van der Waals surface area contributed by atoms with Gasteiger partial charge >= 0.3 is 6.03 Å². The number of fused-ring (bicyclic) bond motifs is 1. The Morgan fingerprint density at radius 1 is 1.10 bits per heavy atom. The Kier molecular flexibility index (Phi) is 9.47. The number of nitrogens with zero attached hydrogens (tertiary/aromatic N) is 4. The Labute approximate surface area is 227 Å². The molecule has 2 aromatic rings. The summed E-state index contributed by atoms with van der Waals surface area (Å²) in [6.07, 6.45) is 1.38. The van der Waals surface area contributed by atoms with Gasteiger partial charge in [0.05, 0.1) is 26.3 Å². The van der Waals surface area contributed by atoms with E-state index in [4.69, 9.17) is 4.74 Å². The van der Waals surface area contributed by atoms with Gasteiger partial charge in [0.15, 0.2) is 0 Å². The molecule has 4 amide bonds. The molecule has 0 bridgehead atoms. The van der Waals surface area contributed by atoms with Crippen molar-refractivity contribution in [2.24, 2.45) is 0 Å². The van der Waals surface area contributed by atoms with E-state index in [0.717, 1.165) is 18.4 Å². The highest BCUT2D eigenvalue weighted by Gasteiger charge is 2.50. The van der Waals surface area contributed by atoms with E-state index in [1.54, 1.807) is 52.2 Å². The first-order valence-electron chi connectivity index (χ1n) is 13.2.